The maximum atomic E-state index is 5.50. The Hall–Kier alpha value is -0.950. The van der Waals surface area contributed by atoms with Gasteiger partial charge in [-0.15, -0.1) is 0 Å². The van der Waals surface area contributed by atoms with E-state index in [1.807, 2.05) is 31.2 Å². The molecule has 2 heteroatoms. The molecule has 0 unspecified atom stereocenters. The minimum atomic E-state index is 0.315. The van der Waals surface area contributed by atoms with E-state index in [-0.39, 0.29) is 0 Å². The third kappa shape index (κ3) is 2.64. The predicted molar refractivity (Wildman–Crippen MR) is 49.2 cm³/mol. The Morgan fingerprint density at radius 1 is 1.55 bits per heavy atom. The van der Waals surface area contributed by atoms with E-state index in [9.17, 15) is 0 Å². The Morgan fingerprint density at radius 3 is 2.82 bits per heavy atom. The highest BCUT2D eigenvalue weighted by atomic mass is 35.5. The predicted octanol–water partition coefficient (Wildman–Crippen LogP) is 2.49. The van der Waals surface area contributed by atoms with Crippen LogP contribution in [-0.4, -0.2) is 0 Å². The van der Waals surface area contributed by atoms with E-state index in [2.05, 4.69) is 0 Å². The van der Waals surface area contributed by atoms with Crippen LogP contribution in [-0.2, 0) is 0 Å². The summed E-state index contributed by atoms with van der Waals surface area (Å²) in [5.41, 5.74) is 7.55. The lowest BCUT2D eigenvalue weighted by Gasteiger charge is -1.94. The number of benzene rings is 1. The molecule has 11 heavy (non-hydrogen) atoms. The number of hydrogen-bond acceptors (Lipinski definition) is 1. The van der Waals surface area contributed by atoms with Gasteiger partial charge >= 0.3 is 0 Å². The molecule has 1 aromatic carbocycles. The molecule has 0 spiro atoms. The maximum Gasteiger partial charge on any atom is 0.0997 e. The molecular formula is C9H10ClN. The second kappa shape index (κ2) is 3.44. The van der Waals surface area contributed by atoms with Gasteiger partial charge in [0.25, 0.3) is 0 Å². The van der Waals surface area contributed by atoms with E-state index >= 15 is 0 Å². The molecule has 0 amide bonds. The van der Waals surface area contributed by atoms with E-state index < -0.39 is 0 Å². The summed E-state index contributed by atoms with van der Waals surface area (Å²) in [6.45, 7) is 2.03. The van der Waals surface area contributed by atoms with Crippen molar-refractivity contribution in [1.29, 1.82) is 0 Å². The van der Waals surface area contributed by atoms with Crippen LogP contribution in [0.2, 0.25) is 0 Å². The Morgan fingerprint density at radius 2 is 2.27 bits per heavy atom. The quantitative estimate of drug-likeness (QED) is 0.639. The third-order valence-corrected chi connectivity index (χ3v) is 1.46. The van der Waals surface area contributed by atoms with Crippen molar-refractivity contribution in [2.24, 2.45) is 5.73 Å². The van der Waals surface area contributed by atoms with Crippen LogP contribution in [0.5, 0.6) is 0 Å². The summed E-state index contributed by atoms with van der Waals surface area (Å²) in [5.74, 6) is 0. The molecule has 1 nitrogen and oxygen atoms in total. The summed E-state index contributed by atoms with van der Waals surface area (Å²) in [7, 11) is 0. The van der Waals surface area contributed by atoms with Gasteiger partial charge in [-0.25, -0.2) is 0 Å². The van der Waals surface area contributed by atoms with Crippen molar-refractivity contribution in [3.8, 4) is 0 Å². The molecule has 0 bridgehead atoms. The average molecular weight is 168 g/mol. The van der Waals surface area contributed by atoms with Crippen LogP contribution in [0.1, 0.15) is 11.1 Å². The molecule has 2 N–H and O–H groups in total. The summed E-state index contributed by atoms with van der Waals surface area (Å²) >= 11 is 5.50. The fourth-order valence-corrected chi connectivity index (χ4v) is 1.05. The van der Waals surface area contributed by atoms with Crippen LogP contribution < -0.4 is 5.73 Å². The highest BCUT2D eigenvalue weighted by Gasteiger charge is 1.88. The van der Waals surface area contributed by atoms with E-state index in [0.717, 1.165) is 5.56 Å². The Labute approximate surface area is 71.5 Å². The van der Waals surface area contributed by atoms with E-state index in [1.165, 1.54) is 5.56 Å². The molecule has 0 radical (unpaired) electrons. The monoisotopic (exact) mass is 167 g/mol. The van der Waals surface area contributed by atoms with Gasteiger partial charge in [0.2, 0.25) is 0 Å². The van der Waals surface area contributed by atoms with Crippen LogP contribution in [0.15, 0.2) is 29.4 Å². The van der Waals surface area contributed by atoms with Gasteiger partial charge in [0.1, 0.15) is 0 Å². The zero-order valence-electron chi connectivity index (χ0n) is 6.34. The molecule has 0 aromatic heterocycles. The lowest BCUT2D eigenvalue weighted by molar-refractivity contribution is 1.45. The van der Waals surface area contributed by atoms with Gasteiger partial charge in [0.15, 0.2) is 0 Å². The minimum Gasteiger partial charge on any atom is -0.389 e. The van der Waals surface area contributed by atoms with Gasteiger partial charge in [-0.2, -0.15) is 0 Å². The van der Waals surface area contributed by atoms with Gasteiger partial charge in [0.05, 0.1) is 5.16 Å². The summed E-state index contributed by atoms with van der Waals surface area (Å²) in [6, 6.07) is 7.99. The maximum absolute atomic E-state index is 5.50. The van der Waals surface area contributed by atoms with E-state index in [1.54, 1.807) is 6.08 Å². The number of rotatable bonds is 1. The Bertz CT molecular complexity index is 275. The number of aryl methyl sites for hydroxylation is 1. The second-order valence-corrected chi connectivity index (χ2v) is 2.88. The van der Waals surface area contributed by atoms with Gasteiger partial charge in [0, 0.05) is 0 Å². The highest BCUT2D eigenvalue weighted by molar-refractivity contribution is 6.30. The first kappa shape index (κ1) is 8.15. The first-order valence-electron chi connectivity index (χ1n) is 3.38. The lowest BCUT2D eigenvalue weighted by Crippen LogP contribution is -1.86. The van der Waals surface area contributed by atoms with Crippen molar-refractivity contribution in [2.75, 3.05) is 0 Å². The smallest absolute Gasteiger partial charge is 0.0997 e. The summed E-state index contributed by atoms with van der Waals surface area (Å²) in [5, 5.41) is 0.315. The average Bonchev–Trinajstić information content (AvgIpc) is 1.85. The van der Waals surface area contributed by atoms with Gasteiger partial charge in [-0.3, -0.25) is 0 Å². The van der Waals surface area contributed by atoms with Crippen LogP contribution in [0.25, 0.3) is 6.08 Å². The molecule has 1 rings (SSSR count). The van der Waals surface area contributed by atoms with Crippen LogP contribution >= 0.6 is 11.6 Å². The molecule has 0 atom stereocenters. The van der Waals surface area contributed by atoms with Crippen LogP contribution in [0.3, 0.4) is 0 Å². The van der Waals surface area contributed by atoms with E-state index in [4.69, 9.17) is 17.3 Å². The van der Waals surface area contributed by atoms with Gasteiger partial charge in [-0.05, 0) is 18.6 Å². The molecule has 0 heterocycles. The molecule has 0 fully saturated rings. The van der Waals surface area contributed by atoms with Gasteiger partial charge < -0.3 is 5.73 Å². The topological polar surface area (TPSA) is 26.0 Å². The standard InChI is InChI=1S/C9H10ClN/c1-7-3-2-4-8(5-7)6-9(10)11/h2-6H,11H2,1H3/b9-6+. The Balaban J connectivity index is 2.97. The summed E-state index contributed by atoms with van der Waals surface area (Å²) in [4.78, 5) is 0. The molecule has 0 aliphatic rings. The molecule has 0 aliphatic heterocycles. The molecule has 0 saturated heterocycles. The van der Waals surface area contributed by atoms with Crippen LogP contribution in [0.4, 0.5) is 0 Å². The van der Waals surface area contributed by atoms with Crippen molar-refractivity contribution in [3.63, 3.8) is 0 Å². The van der Waals surface area contributed by atoms with Crippen LogP contribution in [0, 0.1) is 6.92 Å². The zero-order chi connectivity index (χ0) is 8.27. The SMILES string of the molecule is Cc1cccc(/C=C(/N)Cl)c1. The van der Waals surface area contributed by atoms with Crippen molar-refractivity contribution >= 4 is 17.7 Å². The fourth-order valence-electron chi connectivity index (χ4n) is 0.919. The van der Waals surface area contributed by atoms with E-state index in [0.29, 0.717) is 5.16 Å². The van der Waals surface area contributed by atoms with Gasteiger partial charge in [-0.1, -0.05) is 41.4 Å². The molecule has 58 valence electrons. The molecule has 0 saturated carbocycles. The van der Waals surface area contributed by atoms with Crippen molar-refractivity contribution in [1.82, 2.24) is 0 Å². The number of hydrogen-bond donors (Lipinski definition) is 1. The minimum absolute atomic E-state index is 0.315. The normalized spacial score (nSPS) is 11.6. The molecule has 0 aliphatic carbocycles. The lowest BCUT2D eigenvalue weighted by atomic mass is 10.1. The van der Waals surface area contributed by atoms with Crippen molar-refractivity contribution in [3.05, 3.63) is 40.5 Å². The molecular weight excluding hydrogens is 158 g/mol. The zero-order valence-corrected chi connectivity index (χ0v) is 7.10. The summed E-state index contributed by atoms with van der Waals surface area (Å²) in [6.07, 6.45) is 1.73. The third-order valence-electron chi connectivity index (χ3n) is 1.35. The molecule has 1 aromatic rings. The van der Waals surface area contributed by atoms with Crippen molar-refractivity contribution < 1.29 is 0 Å². The van der Waals surface area contributed by atoms with Crippen molar-refractivity contribution in [2.45, 2.75) is 6.92 Å². The second-order valence-electron chi connectivity index (χ2n) is 2.44. The fraction of sp³-hybridized carbons (Fsp3) is 0.111. The highest BCUT2D eigenvalue weighted by Crippen LogP contribution is 2.08. The largest absolute Gasteiger partial charge is 0.389 e. The number of nitrogens with two attached hydrogens (primary N) is 1. The number of halogens is 1. The first-order valence-corrected chi connectivity index (χ1v) is 3.75. The summed E-state index contributed by atoms with van der Waals surface area (Å²) < 4.78 is 0. The Kier molecular flexibility index (Phi) is 2.55. The first-order chi connectivity index (χ1) is 5.18.